The molecule has 0 atom stereocenters. The zero-order valence-electron chi connectivity index (χ0n) is 13.4. The first kappa shape index (κ1) is 16.8. The number of carbonyl (C=O) groups excluding carboxylic acids is 1. The number of halogens is 3. The summed E-state index contributed by atoms with van der Waals surface area (Å²) in [6, 6.07) is 9.29. The predicted molar refractivity (Wildman–Crippen MR) is 87.6 cm³/mol. The maximum absolute atomic E-state index is 13.0. The quantitative estimate of drug-likeness (QED) is 0.773. The van der Waals surface area contributed by atoms with E-state index in [9.17, 15) is 22.8 Å². The van der Waals surface area contributed by atoms with E-state index in [1.807, 2.05) is 0 Å². The molecule has 1 heterocycles. The second kappa shape index (κ2) is 5.80. The van der Waals surface area contributed by atoms with Gasteiger partial charge < -0.3 is 5.32 Å². The molecule has 5 nitrogen and oxygen atoms in total. The lowest BCUT2D eigenvalue weighted by Gasteiger charge is -2.13. The van der Waals surface area contributed by atoms with Gasteiger partial charge in [0.05, 0.1) is 22.3 Å². The molecular formula is C17H14F3N3O2. The number of nitrogens with one attached hydrogen (secondary N) is 1. The Balaban J connectivity index is 1.99. The monoisotopic (exact) mass is 349 g/mol. The fraction of sp³-hybridized carbons (Fsp3) is 0.176. The average Bonchev–Trinajstić information content (AvgIpc) is 2.78. The number of aryl methyl sites for hydroxylation is 2. The summed E-state index contributed by atoms with van der Waals surface area (Å²) < 4.78 is 41.8. The second-order valence-corrected chi connectivity index (χ2v) is 5.60. The number of fused-ring (bicyclic) bond motifs is 1. The summed E-state index contributed by atoms with van der Waals surface area (Å²) in [7, 11) is 3.16. The van der Waals surface area contributed by atoms with Gasteiger partial charge in [-0.15, -0.1) is 0 Å². The number of hydrogen-bond acceptors (Lipinski definition) is 2. The largest absolute Gasteiger partial charge is 0.418 e. The molecule has 25 heavy (non-hydrogen) atoms. The molecule has 0 unspecified atom stereocenters. The summed E-state index contributed by atoms with van der Waals surface area (Å²) in [6.07, 6.45) is -4.57. The Morgan fingerprint density at radius 1 is 1.00 bits per heavy atom. The van der Waals surface area contributed by atoms with E-state index in [2.05, 4.69) is 5.32 Å². The van der Waals surface area contributed by atoms with Gasteiger partial charge in [0.1, 0.15) is 0 Å². The molecule has 1 aromatic heterocycles. The van der Waals surface area contributed by atoms with Gasteiger partial charge in [-0.2, -0.15) is 13.2 Å². The third-order valence-corrected chi connectivity index (χ3v) is 4.01. The Kier molecular flexibility index (Phi) is 3.90. The minimum absolute atomic E-state index is 0.158. The van der Waals surface area contributed by atoms with Crippen molar-refractivity contribution in [2.24, 2.45) is 14.1 Å². The molecule has 0 fully saturated rings. The van der Waals surface area contributed by atoms with Gasteiger partial charge in [-0.1, -0.05) is 12.1 Å². The molecule has 1 N–H and O–H groups in total. The molecule has 130 valence electrons. The number of amides is 1. The molecule has 3 aromatic rings. The number of carbonyl (C=O) groups is 1. The topological polar surface area (TPSA) is 56.0 Å². The van der Waals surface area contributed by atoms with Gasteiger partial charge in [0.2, 0.25) is 0 Å². The summed E-state index contributed by atoms with van der Waals surface area (Å²) in [6.45, 7) is 0. The number of rotatable bonds is 2. The first-order chi connectivity index (χ1) is 11.7. The molecule has 0 radical (unpaired) electrons. The standard InChI is InChI=1S/C17H14F3N3O2/c1-22-13-8-7-10(9-14(13)23(2)16(22)25)15(24)21-12-6-4-3-5-11(12)17(18,19)20/h3-9H,1-2H3,(H,21,24). The van der Waals surface area contributed by atoms with Crippen molar-refractivity contribution in [2.45, 2.75) is 6.18 Å². The second-order valence-electron chi connectivity index (χ2n) is 5.60. The van der Waals surface area contributed by atoms with Crippen LogP contribution in [0.2, 0.25) is 0 Å². The van der Waals surface area contributed by atoms with E-state index in [0.29, 0.717) is 11.0 Å². The predicted octanol–water partition coefficient (Wildman–Crippen LogP) is 3.15. The molecule has 3 rings (SSSR count). The van der Waals surface area contributed by atoms with Crippen LogP contribution in [0.3, 0.4) is 0 Å². The lowest BCUT2D eigenvalue weighted by molar-refractivity contribution is -0.136. The lowest BCUT2D eigenvalue weighted by Crippen LogP contribution is -2.19. The van der Waals surface area contributed by atoms with E-state index in [1.54, 1.807) is 20.2 Å². The lowest BCUT2D eigenvalue weighted by atomic mass is 10.1. The highest BCUT2D eigenvalue weighted by Crippen LogP contribution is 2.34. The number of para-hydroxylation sites is 1. The van der Waals surface area contributed by atoms with Crippen molar-refractivity contribution in [3.05, 3.63) is 64.1 Å². The highest BCUT2D eigenvalue weighted by molar-refractivity contribution is 6.06. The fourth-order valence-corrected chi connectivity index (χ4v) is 2.68. The van der Waals surface area contributed by atoms with Gasteiger partial charge in [-0.05, 0) is 30.3 Å². The van der Waals surface area contributed by atoms with Crippen LogP contribution in [0.5, 0.6) is 0 Å². The van der Waals surface area contributed by atoms with E-state index in [4.69, 9.17) is 0 Å². The summed E-state index contributed by atoms with van der Waals surface area (Å²) >= 11 is 0. The first-order valence-corrected chi connectivity index (χ1v) is 7.33. The molecular weight excluding hydrogens is 335 g/mol. The summed E-state index contributed by atoms with van der Waals surface area (Å²) in [5.41, 5.74) is -0.191. The Labute approximate surface area is 140 Å². The summed E-state index contributed by atoms with van der Waals surface area (Å²) in [5, 5.41) is 2.29. The van der Waals surface area contributed by atoms with Crippen molar-refractivity contribution in [1.29, 1.82) is 0 Å². The number of alkyl halides is 3. The third-order valence-electron chi connectivity index (χ3n) is 4.01. The van der Waals surface area contributed by atoms with E-state index >= 15 is 0 Å². The number of nitrogens with zero attached hydrogens (tertiary/aromatic N) is 2. The van der Waals surface area contributed by atoms with Crippen molar-refractivity contribution in [3.63, 3.8) is 0 Å². The van der Waals surface area contributed by atoms with Gasteiger partial charge in [-0.25, -0.2) is 4.79 Å². The zero-order chi connectivity index (χ0) is 18.4. The minimum atomic E-state index is -4.57. The van der Waals surface area contributed by atoms with Crippen molar-refractivity contribution < 1.29 is 18.0 Å². The van der Waals surface area contributed by atoms with Crippen molar-refractivity contribution in [3.8, 4) is 0 Å². The Hall–Kier alpha value is -3.03. The van der Waals surface area contributed by atoms with Crippen molar-refractivity contribution in [1.82, 2.24) is 9.13 Å². The number of hydrogen-bond donors (Lipinski definition) is 1. The van der Waals surface area contributed by atoms with Gasteiger partial charge in [-0.3, -0.25) is 13.9 Å². The number of benzene rings is 2. The smallest absolute Gasteiger partial charge is 0.321 e. The van der Waals surface area contributed by atoms with Gasteiger partial charge in [0.25, 0.3) is 5.91 Å². The molecule has 0 spiro atoms. The van der Waals surface area contributed by atoms with Crippen LogP contribution in [0.25, 0.3) is 11.0 Å². The maximum atomic E-state index is 13.0. The Morgan fingerprint density at radius 3 is 2.32 bits per heavy atom. The van der Waals surface area contributed by atoms with E-state index in [0.717, 1.165) is 6.07 Å². The van der Waals surface area contributed by atoms with Crippen molar-refractivity contribution in [2.75, 3.05) is 5.32 Å². The summed E-state index contributed by atoms with van der Waals surface area (Å²) in [4.78, 5) is 24.3. The average molecular weight is 349 g/mol. The Morgan fingerprint density at radius 2 is 1.64 bits per heavy atom. The van der Waals surface area contributed by atoms with Gasteiger partial charge >= 0.3 is 11.9 Å². The van der Waals surface area contributed by atoms with Crippen LogP contribution in [0, 0.1) is 0 Å². The number of aromatic nitrogens is 2. The molecule has 0 bridgehead atoms. The number of anilines is 1. The molecule has 8 heteroatoms. The van der Waals surface area contributed by atoms with Crippen LogP contribution in [0.1, 0.15) is 15.9 Å². The van der Waals surface area contributed by atoms with E-state index in [1.165, 1.54) is 39.5 Å². The molecule has 0 saturated carbocycles. The highest BCUT2D eigenvalue weighted by atomic mass is 19.4. The molecule has 0 aliphatic heterocycles. The van der Waals surface area contributed by atoms with E-state index in [-0.39, 0.29) is 16.9 Å². The van der Waals surface area contributed by atoms with Gasteiger partial charge in [0.15, 0.2) is 0 Å². The Bertz CT molecular complexity index is 1030. The van der Waals surface area contributed by atoms with Gasteiger partial charge in [0, 0.05) is 19.7 Å². The van der Waals surface area contributed by atoms with Crippen LogP contribution in [0.4, 0.5) is 18.9 Å². The molecule has 2 aromatic carbocycles. The first-order valence-electron chi connectivity index (χ1n) is 7.33. The molecule has 1 amide bonds. The van der Waals surface area contributed by atoms with Crippen LogP contribution in [-0.4, -0.2) is 15.0 Å². The maximum Gasteiger partial charge on any atom is 0.418 e. The molecule has 0 saturated heterocycles. The highest BCUT2D eigenvalue weighted by Gasteiger charge is 2.33. The normalized spacial score (nSPS) is 11.7. The van der Waals surface area contributed by atoms with E-state index < -0.39 is 17.6 Å². The zero-order valence-corrected chi connectivity index (χ0v) is 13.4. The van der Waals surface area contributed by atoms with Crippen LogP contribution >= 0.6 is 0 Å². The molecule has 0 aliphatic carbocycles. The summed E-state index contributed by atoms with van der Waals surface area (Å²) in [5.74, 6) is -0.685. The van der Waals surface area contributed by atoms with Crippen molar-refractivity contribution >= 4 is 22.6 Å². The van der Waals surface area contributed by atoms with Crippen LogP contribution in [0.15, 0.2) is 47.3 Å². The third kappa shape index (κ3) is 2.90. The fourth-order valence-electron chi connectivity index (χ4n) is 2.68. The van der Waals surface area contributed by atoms with Crippen LogP contribution in [-0.2, 0) is 20.3 Å². The molecule has 0 aliphatic rings. The SMILES string of the molecule is Cn1c(=O)n(C)c2cc(C(=O)Nc3ccccc3C(F)(F)F)ccc21. The minimum Gasteiger partial charge on any atom is -0.321 e. The number of imidazole rings is 1. The van der Waals surface area contributed by atoms with Crippen LogP contribution < -0.4 is 11.0 Å².